The summed E-state index contributed by atoms with van der Waals surface area (Å²) in [5.74, 6) is -0.0830. The second-order valence-corrected chi connectivity index (χ2v) is 8.77. The molecule has 0 aliphatic carbocycles. The normalized spacial score (nSPS) is 24.9. The molecule has 32 heavy (non-hydrogen) atoms. The van der Waals surface area contributed by atoms with Crippen molar-refractivity contribution < 1.29 is 22.7 Å². The van der Waals surface area contributed by atoms with Gasteiger partial charge in [-0.1, -0.05) is 12.1 Å². The van der Waals surface area contributed by atoms with E-state index in [9.17, 15) is 18.0 Å². The molecule has 2 bridgehead atoms. The van der Waals surface area contributed by atoms with Crippen LogP contribution in [0.2, 0.25) is 0 Å². The molecule has 0 spiro atoms. The fourth-order valence-electron chi connectivity index (χ4n) is 4.85. The molecule has 3 aliphatic rings. The Bertz CT molecular complexity index is 982. The molecule has 1 N–H and O–H groups in total. The number of halogens is 3. The van der Waals surface area contributed by atoms with Crippen LogP contribution in [-0.2, 0) is 22.1 Å². The van der Waals surface area contributed by atoms with Crippen LogP contribution in [0.4, 0.5) is 24.5 Å². The van der Waals surface area contributed by atoms with Crippen molar-refractivity contribution in [3.8, 4) is 0 Å². The second kappa shape index (κ2) is 8.27. The van der Waals surface area contributed by atoms with Crippen molar-refractivity contribution in [1.29, 1.82) is 0 Å². The number of anilines is 2. The third-order valence-electron chi connectivity index (χ3n) is 6.50. The van der Waals surface area contributed by atoms with E-state index in [1.165, 1.54) is 6.20 Å². The minimum Gasteiger partial charge on any atom is -0.374 e. The number of carbonyl (C=O) groups is 1. The molecule has 0 radical (unpaired) electrons. The highest BCUT2D eigenvalue weighted by molar-refractivity contribution is 5.79. The zero-order valence-corrected chi connectivity index (χ0v) is 17.5. The summed E-state index contributed by atoms with van der Waals surface area (Å²) in [7, 11) is 0. The number of hydrogen-bond acceptors (Lipinski definition) is 5. The van der Waals surface area contributed by atoms with Gasteiger partial charge in [-0.15, -0.1) is 0 Å². The van der Waals surface area contributed by atoms with Crippen LogP contribution >= 0.6 is 0 Å². The summed E-state index contributed by atoms with van der Waals surface area (Å²) in [5, 5.41) is 3.01. The van der Waals surface area contributed by atoms with Crippen molar-refractivity contribution in [2.45, 2.75) is 43.6 Å². The summed E-state index contributed by atoms with van der Waals surface area (Å²) < 4.78 is 44.5. The lowest BCUT2D eigenvalue weighted by Crippen LogP contribution is -2.38. The lowest BCUT2D eigenvalue weighted by molar-refractivity contribution is -0.137. The zero-order chi connectivity index (χ0) is 22.3. The van der Waals surface area contributed by atoms with Crippen LogP contribution in [0.25, 0.3) is 0 Å². The highest BCUT2D eigenvalue weighted by Gasteiger charge is 2.39. The molecule has 3 aliphatic heterocycles. The average Bonchev–Trinajstić information content (AvgIpc) is 3.51. The number of alkyl halides is 3. The molecule has 1 aromatic heterocycles. The van der Waals surface area contributed by atoms with Gasteiger partial charge in [0.15, 0.2) is 0 Å². The van der Waals surface area contributed by atoms with Gasteiger partial charge in [0.1, 0.15) is 0 Å². The lowest BCUT2D eigenvalue weighted by Gasteiger charge is -2.29. The molecule has 9 heteroatoms. The van der Waals surface area contributed by atoms with Crippen molar-refractivity contribution >= 4 is 17.3 Å². The predicted octanol–water partition coefficient (Wildman–Crippen LogP) is 3.02. The third-order valence-corrected chi connectivity index (χ3v) is 6.50. The fraction of sp³-hybridized carbons (Fsp3) is 0.478. The number of ether oxygens (including phenoxy) is 1. The molecular weight excluding hydrogens is 421 g/mol. The highest BCUT2D eigenvalue weighted by Crippen LogP contribution is 2.33. The molecule has 3 saturated heterocycles. The fourth-order valence-corrected chi connectivity index (χ4v) is 4.85. The summed E-state index contributed by atoms with van der Waals surface area (Å²) in [4.78, 5) is 20.4. The topological polar surface area (TPSA) is 57.7 Å². The van der Waals surface area contributed by atoms with E-state index in [0.29, 0.717) is 37.3 Å². The standard InChI is InChI=1S/C23H25F3N4O2/c24-23(25,26)16-8-19(11-27-10-16)29-6-5-17(12-29)28-22(31)7-15-1-3-18(4-2-15)30-13-21-9-20(30)14-32-21/h1-4,8,10-11,17,20-21H,5-7,9,12-14H2,(H,28,31)/t17?,20-,21-/m0/s1. The van der Waals surface area contributed by atoms with E-state index in [1.54, 1.807) is 0 Å². The van der Waals surface area contributed by atoms with Gasteiger partial charge in [0, 0.05) is 37.6 Å². The SMILES string of the molecule is O=C(Cc1ccc(N2C[C@@H]3C[C@H]2CO3)cc1)NC1CCN(c2cncc(C(F)(F)F)c2)C1. The first-order chi connectivity index (χ1) is 15.3. The minimum absolute atomic E-state index is 0.0830. The summed E-state index contributed by atoms with van der Waals surface area (Å²) in [6, 6.07) is 9.54. The molecule has 2 aromatic rings. The molecule has 1 aromatic carbocycles. The smallest absolute Gasteiger partial charge is 0.374 e. The Morgan fingerprint density at radius 1 is 1.16 bits per heavy atom. The first kappa shape index (κ1) is 21.1. The molecule has 1 unspecified atom stereocenters. The number of benzene rings is 1. The van der Waals surface area contributed by atoms with Crippen molar-refractivity contribution in [3.63, 3.8) is 0 Å². The van der Waals surface area contributed by atoms with Crippen LogP contribution in [0.1, 0.15) is 24.0 Å². The molecular formula is C23H25F3N4O2. The predicted molar refractivity (Wildman–Crippen MR) is 114 cm³/mol. The maximum Gasteiger partial charge on any atom is 0.417 e. The first-order valence-electron chi connectivity index (χ1n) is 10.9. The maximum atomic E-state index is 12.9. The third kappa shape index (κ3) is 4.39. The summed E-state index contributed by atoms with van der Waals surface area (Å²) in [6.45, 7) is 2.74. The zero-order valence-electron chi connectivity index (χ0n) is 17.5. The molecule has 1 amide bonds. The van der Waals surface area contributed by atoms with Gasteiger partial charge in [-0.05, 0) is 36.6 Å². The van der Waals surface area contributed by atoms with Crippen LogP contribution in [0, 0.1) is 0 Å². The molecule has 5 rings (SSSR count). The molecule has 4 heterocycles. The number of carbonyl (C=O) groups excluding carboxylic acids is 1. The van der Waals surface area contributed by atoms with Crippen molar-refractivity contribution in [2.75, 3.05) is 36.0 Å². The Morgan fingerprint density at radius 2 is 1.97 bits per heavy atom. The number of rotatable bonds is 5. The molecule has 6 nitrogen and oxygen atoms in total. The Balaban J connectivity index is 1.14. The van der Waals surface area contributed by atoms with Crippen LogP contribution in [0.3, 0.4) is 0 Å². The summed E-state index contributed by atoms with van der Waals surface area (Å²) >= 11 is 0. The highest BCUT2D eigenvalue weighted by atomic mass is 19.4. The Kier molecular flexibility index (Phi) is 5.44. The summed E-state index contributed by atoms with van der Waals surface area (Å²) in [5.41, 5.74) is 1.75. The first-order valence-corrected chi connectivity index (χ1v) is 10.9. The van der Waals surface area contributed by atoms with Crippen molar-refractivity contribution in [3.05, 3.63) is 53.9 Å². The molecule has 3 atom stereocenters. The van der Waals surface area contributed by atoms with Gasteiger partial charge in [-0.2, -0.15) is 13.2 Å². The number of nitrogens with zero attached hydrogens (tertiary/aromatic N) is 3. The van der Waals surface area contributed by atoms with Crippen LogP contribution in [0.15, 0.2) is 42.7 Å². The van der Waals surface area contributed by atoms with Crippen LogP contribution in [-0.4, -0.2) is 55.3 Å². The van der Waals surface area contributed by atoms with Gasteiger partial charge in [-0.25, -0.2) is 0 Å². The maximum absolute atomic E-state index is 12.9. The number of aromatic nitrogens is 1. The number of fused-ring (bicyclic) bond motifs is 2. The molecule has 3 fully saturated rings. The van der Waals surface area contributed by atoms with Crippen molar-refractivity contribution in [2.24, 2.45) is 0 Å². The van der Waals surface area contributed by atoms with Gasteiger partial charge in [0.2, 0.25) is 5.91 Å². The quantitative estimate of drug-likeness (QED) is 0.765. The Hall–Kier alpha value is -2.81. The van der Waals surface area contributed by atoms with Crippen LogP contribution < -0.4 is 15.1 Å². The van der Waals surface area contributed by atoms with Gasteiger partial charge < -0.3 is 19.9 Å². The van der Waals surface area contributed by atoms with Gasteiger partial charge in [0.25, 0.3) is 0 Å². The second-order valence-electron chi connectivity index (χ2n) is 8.77. The molecule has 170 valence electrons. The van der Waals surface area contributed by atoms with Crippen molar-refractivity contribution in [1.82, 2.24) is 10.3 Å². The minimum atomic E-state index is -4.42. The van der Waals surface area contributed by atoms with E-state index >= 15 is 0 Å². The van der Waals surface area contributed by atoms with E-state index in [4.69, 9.17) is 4.74 Å². The number of morpholine rings is 1. The van der Waals surface area contributed by atoms with Gasteiger partial charge in [-0.3, -0.25) is 9.78 Å². The van der Waals surface area contributed by atoms with E-state index in [-0.39, 0.29) is 18.4 Å². The van der Waals surface area contributed by atoms with Gasteiger partial charge in [0.05, 0.1) is 42.6 Å². The number of pyridine rings is 1. The average molecular weight is 446 g/mol. The number of hydrogen-bond donors (Lipinski definition) is 1. The van der Waals surface area contributed by atoms with E-state index in [0.717, 1.165) is 43.1 Å². The Morgan fingerprint density at radius 3 is 2.66 bits per heavy atom. The van der Waals surface area contributed by atoms with E-state index < -0.39 is 11.7 Å². The summed E-state index contributed by atoms with van der Waals surface area (Å²) in [6.07, 6.45) is 0.207. The number of amides is 1. The van der Waals surface area contributed by atoms with Crippen LogP contribution in [0.5, 0.6) is 0 Å². The molecule has 0 saturated carbocycles. The van der Waals surface area contributed by atoms with E-state index in [2.05, 4.69) is 27.3 Å². The Labute approximate surface area is 184 Å². The largest absolute Gasteiger partial charge is 0.417 e. The van der Waals surface area contributed by atoms with Gasteiger partial charge >= 0.3 is 6.18 Å². The monoisotopic (exact) mass is 446 g/mol. The number of nitrogens with one attached hydrogen (secondary N) is 1. The lowest BCUT2D eigenvalue weighted by atomic mass is 10.1. The van der Waals surface area contributed by atoms with E-state index in [1.807, 2.05) is 17.0 Å².